The van der Waals surface area contributed by atoms with Crippen LogP contribution >= 0.6 is 0 Å². The van der Waals surface area contributed by atoms with Crippen LogP contribution in [0.3, 0.4) is 0 Å². The molecule has 2 aromatic carbocycles. The van der Waals surface area contributed by atoms with Crippen LogP contribution in [0, 0.1) is 0 Å². The van der Waals surface area contributed by atoms with Crippen molar-refractivity contribution in [1.29, 1.82) is 0 Å². The first kappa shape index (κ1) is 15.8. The van der Waals surface area contributed by atoms with Gasteiger partial charge in [0.25, 0.3) is 0 Å². The fourth-order valence-electron chi connectivity index (χ4n) is 2.30. The Balaban J connectivity index is 2.31. The number of benzene rings is 2. The first-order valence-corrected chi connectivity index (χ1v) is 7.43. The summed E-state index contributed by atoms with van der Waals surface area (Å²) in [7, 11) is 0. The molecule has 0 radical (unpaired) electrons. The van der Waals surface area contributed by atoms with Crippen LogP contribution in [0.15, 0.2) is 67.3 Å². The highest BCUT2D eigenvalue weighted by molar-refractivity contribution is 5.81. The Morgan fingerprint density at radius 3 is 2.55 bits per heavy atom. The number of anilines is 1. The van der Waals surface area contributed by atoms with E-state index in [4.69, 9.17) is 4.74 Å². The van der Waals surface area contributed by atoms with Gasteiger partial charge in [-0.15, -0.1) is 6.58 Å². The molecule has 1 atom stereocenters. The molecule has 114 valence electrons. The summed E-state index contributed by atoms with van der Waals surface area (Å²) < 4.78 is 5.21. The van der Waals surface area contributed by atoms with Crippen molar-refractivity contribution < 1.29 is 9.53 Å². The number of hydrogen-bond donors (Lipinski definition) is 1. The summed E-state index contributed by atoms with van der Waals surface area (Å²) in [5, 5.41) is 3.31. The fraction of sp³-hybridized carbons (Fsp3) is 0.211. The average Bonchev–Trinajstić information content (AvgIpc) is 2.55. The first-order valence-electron chi connectivity index (χ1n) is 7.43. The molecule has 22 heavy (non-hydrogen) atoms. The lowest BCUT2D eigenvalue weighted by Gasteiger charge is -2.20. The number of carbonyl (C=O) groups is 1. The van der Waals surface area contributed by atoms with E-state index in [-0.39, 0.29) is 5.97 Å². The number of para-hydroxylation sites is 1. The highest BCUT2D eigenvalue weighted by Crippen LogP contribution is 2.24. The van der Waals surface area contributed by atoms with E-state index >= 15 is 0 Å². The molecular formula is C19H21NO2. The van der Waals surface area contributed by atoms with E-state index in [0.717, 1.165) is 23.2 Å². The molecule has 0 aliphatic carbocycles. The molecule has 0 heterocycles. The van der Waals surface area contributed by atoms with Crippen molar-refractivity contribution >= 4 is 11.7 Å². The molecular weight excluding hydrogens is 274 g/mol. The molecule has 0 saturated heterocycles. The van der Waals surface area contributed by atoms with E-state index in [2.05, 4.69) is 11.9 Å². The van der Waals surface area contributed by atoms with E-state index in [1.807, 2.05) is 67.6 Å². The van der Waals surface area contributed by atoms with Gasteiger partial charge >= 0.3 is 5.97 Å². The SMILES string of the molecule is C=CCc1ccccc1N[C@H](C(=O)OCC)c1ccccc1. The molecule has 0 fully saturated rings. The van der Waals surface area contributed by atoms with Crippen molar-refractivity contribution in [1.82, 2.24) is 0 Å². The Morgan fingerprint density at radius 1 is 1.18 bits per heavy atom. The van der Waals surface area contributed by atoms with E-state index in [0.29, 0.717) is 6.61 Å². The maximum Gasteiger partial charge on any atom is 0.333 e. The zero-order chi connectivity index (χ0) is 15.8. The Kier molecular flexibility index (Phi) is 5.78. The summed E-state index contributed by atoms with van der Waals surface area (Å²) in [4.78, 5) is 12.3. The van der Waals surface area contributed by atoms with E-state index in [1.54, 1.807) is 0 Å². The van der Waals surface area contributed by atoms with Crippen molar-refractivity contribution in [2.75, 3.05) is 11.9 Å². The minimum Gasteiger partial charge on any atom is -0.464 e. The largest absolute Gasteiger partial charge is 0.464 e. The number of carbonyl (C=O) groups excluding carboxylic acids is 1. The second kappa shape index (κ2) is 8.03. The molecule has 0 aliphatic heterocycles. The van der Waals surface area contributed by atoms with Crippen LogP contribution in [0.25, 0.3) is 0 Å². The quantitative estimate of drug-likeness (QED) is 0.616. The van der Waals surface area contributed by atoms with Gasteiger partial charge in [0.2, 0.25) is 0 Å². The first-order chi connectivity index (χ1) is 10.8. The summed E-state index contributed by atoms with van der Waals surface area (Å²) in [6, 6.07) is 17.0. The number of ether oxygens (including phenoxy) is 1. The molecule has 1 N–H and O–H groups in total. The topological polar surface area (TPSA) is 38.3 Å². The smallest absolute Gasteiger partial charge is 0.333 e. The Bertz CT molecular complexity index is 622. The van der Waals surface area contributed by atoms with Crippen molar-refractivity contribution in [2.24, 2.45) is 0 Å². The van der Waals surface area contributed by atoms with Gasteiger partial charge in [0, 0.05) is 5.69 Å². The Hall–Kier alpha value is -2.55. The maximum atomic E-state index is 12.3. The molecule has 0 amide bonds. The minimum absolute atomic E-state index is 0.276. The summed E-state index contributed by atoms with van der Waals surface area (Å²) in [5.41, 5.74) is 2.90. The zero-order valence-electron chi connectivity index (χ0n) is 12.8. The molecule has 0 saturated carbocycles. The molecule has 0 bridgehead atoms. The lowest BCUT2D eigenvalue weighted by molar-refractivity contribution is -0.144. The van der Waals surface area contributed by atoms with Gasteiger partial charge in [-0.2, -0.15) is 0 Å². The zero-order valence-corrected chi connectivity index (χ0v) is 12.8. The van der Waals surface area contributed by atoms with Gasteiger partial charge in [-0.25, -0.2) is 4.79 Å². The van der Waals surface area contributed by atoms with Gasteiger partial charge in [0.15, 0.2) is 6.04 Å². The molecule has 3 nitrogen and oxygen atoms in total. The van der Waals surface area contributed by atoms with Crippen molar-refractivity contribution in [2.45, 2.75) is 19.4 Å². The van der Waals surface area contributed by atoms with Crippen molar-refractivity contribution in [3.63, 3.8) is 0 Å². The van der Waals surface area contributed by atoms with Crippen LogP contribution in [-0.2, 0) is 16.0 Å². The number of esters is 1. The van der Waals surface area contributed by atoms with Gasteiger partial charge in [-0.05, 0) is 30.5 Å². The predicted molar refractivity (Wildman–Crippen MR) is 89.8 cm³/mol. The third-order valence-corrected chi connectivity index (χ3v) is 3.34. The van der Waals surface area contributed by atoms with Crippen LogP contribution < -0.4 is 5.32 Å². The second-order valence-corrected chi connectivity index (χ2v) is 4.89. The lowest BCUT2D eigenvalue weighted by Crippen LogP contribution is -2.23. The average molecular weight is 295 g/mol. The van der Waals surface area contributed by atoms with Gasteiger partial charge in [0.1, 0.15) is 0 Å². The van der Waals surface area contributed by atoms with Crippen LogP contribution in [0.4, 0.5) is 5.69 Å². The third kappa shape index (κ3) is 3.98. The van der Waals surface area contributed by atoms with Crippen LogP contribution in [-0.4, -0.2) is 12.6 Å². The second-order valence-electron chi connectivity index (χ2n) is 4.89. The Morgan fingerprint density at radius 2 is 1.86 bits per heavy atom. The lowest BCUT2D eigenvalue weighted by atomic mass is 10.0. The monoisotopic (exact) mass is 295 g/mol. The number of rotatable bonds is 7. The van der Waals surface area contributed by atoms with E-state index < -0.39 is 6.04 Å². The van der Waals surface area contributed by atoms with Gasteiger partial charge < -0.3 is 10.1 Å². The van der Waals surface area contributed by atoms with E-state index in [9.17, 15) is 4.79 Å². The molecule has 2 rings (SSSR count). The van der Waals surface area contributed by atoms with Crippen LogP contribution in [0.2, 0.25) is 0 Å². The third-order valence-electron chi connectivity index (χ3n) is 3.34. The fourth-order valence-corrected chi connectivity index (χ4v) is 2.30. The van der Waals surface area contributed by atoms with Crippen molar-refractivity contribution in [3.05, 3.63) is 78.4 Å². The van der Waals surface area contributed by atoms with Gasteiger partial charge in [-0.1, -0.05) is 54.6 Å². The molecule has 3 heteroatoms. The van der Waals surface area contributed by atoms with Gasteiger partial charge in [-0.3, -0.25) is 0 Å². The molecule has 2 aromatic rings. The van der Waals surface area contributed by atoms with Gasteiger partial charge in [0.05, 0.1) is 6.61 Å². The molecule has 0 spiro atoms. The standard InChI is InChI=1S/C19H21NO2/c1-3-10-15-11-8-9-14-17(15)20-18(19(21)22-4-2)16-12-6-5-7-13-16/h3,5-9,11-14,18,20H,1,4,10H2,2H3/t18-/m0/s1. The predicted octanol–water partition coefficient (Wildman–Crippen LogP) is 4.13. The minimum atomic E-state index is -0.521. The molecule has 0 aromatic heterocycles. The number of allylic oxidation sites excluding steroid dienone is 1. The van der Waals surface area contributed by atoms with Crippen LogP contribution in [0.5, 0.6) is 0 Å². The van der Waals surface area contributed by atoms with Crippen LogP contribution in [0.1, 0.15) is 24.1 Å². The molecule has 0 unspecified atom stereocenters. The summed E-state index contributed by atoms with van der Waals surface area (Å²) in [5.74, 6) is -0.276. The normalized spacial score (nSPS) is 11.5. The summed E-state index contributed by atoms with van der Waals surface area (Å²) in [6.45, 7) is 5.95. The summed E-state index contributed by atoms with van der Waals surface area (Å²) >= 11 is 0. The van der Waals surface area contributed by atoms with E-state index in [1.165, 1.54) is 0 Å². The summed E-state index contributed by atoms with van der Waals surface area (Å²) in [6.07, 6.45) is 2.59. The van der Waals surface area contributed by atoms with Crippen molar-refractivity contribution in [3.8, 4) is 0 Å². The Labute approximate surface area is 131 Å². The molecule has 0 aliphatic rings. The number of nitrogens with one attached hydrogen (secondary N) is 1. The number of hydrogen-bond acceptors (Lipinski definition) is 3. The highest BCUT2D eigenvalue weighted by Gasteiger charge is 2.22. The maximum absolute atomic E-state index is 12.3. The highest BCUT2D eigenvalue weighted by atomic mass is 16.5.